The third kappa shape index (κ3) is 6.70. The monoisotopic (exact) mass is 575 g/mol. The fourth-order valence-corrected chi connectivity index (χ4v) is 5.63. The van der Waals surface area contributed by atoms with E-state index in [4.69, 9.17) is 14.5 Å². The van der Waals surface area contributed by atoms with Crippen LogP contribution in [0.15, 0.2) is 41.2 Å². The van der Waals surface area contributed by atoms with Gasteiger partial charge in [-0.3, -0.25) is 9.59 Å². The number of aryl methyl sites for hydroxylation is 1. The molecule has 1 aliphatic rings. The summed E-state index contributed by atoms with van der Waals surface area (Å²) in [7, 11) is 1.54. The molecule has 8 heteroatoms. The van der Waals surface area contributed by atoms with E-state index >= 15 is 0 Å². The quantitative estimate of drug-likeness (QED) is 0.234. The zero-order valence-corrected chi connectivity index (χ0v) is 25.7. The topological polar surface area (TPSA) is 103 Å². The number of ether oxygens (including phenoxy) is 2. The smallest absolute Gasteiger partial charge is 0.268 e. The Kier molecular flexibility index (Phi) is 10.8. The highest BCUT2D eigenvalue weighted by atomic mass is 16.5. The predicted molar refractivity (Wildman–Crippen MR) is 166 cm³/mol. The van der Waals surface area contributed by atoms with Crippen LogP contribution in [0.4, 0.5) is 0 Å². The van der Waals surface area contributed by atoms with Gasteiger partial charge in [0.05, 0.1) is 36.8 Å². The van der Waals surface area contributed by atoms with Gasteiger partial charge in [0, 0.05) is 19.2 Å². The maximum atomic E-state index is 14.2. The van der Waals surface area contributed by atoms with Crippen molar-refractivity contribution in [1.82, 2.24) is 14.9 Å². The normalized spacial score (nSPS) is 14.0. The van der Waals surface area contributed by atoms with Crippen LogP contribution in [0.3, 0.4) is 0 Å². The summed E-state index contributed by atoms with van der Waals surface area (Å²) < 4.78 is 13.0. The number of aromatic hydroxyl groups is 1. The van der Waals surface area contributed by atoms with Crippen LogP contribution in [0.2, 0.25) is 0 Å². The molecule has 8 nitrogen and oxygen atoms in total. The number of rotatable bonds is 14. The molecule has 4 rings (SSSR count). The van der Waals surface area contributed by atoms with Crippen molar-refractivity contribution < 1.29 is 19.4 Å². The zero-order chi connectivity index (χ0) is 30.2. The van der Waals surface area contributed by atoms with Crippen LogP contribution < -0.4 is 15.6 Å². The van der Waals surface area contributed by atoms with Gasteiger partial charge in [-0.1, -0.05) is 70.9 Å². The molecule has 0 saturated heterocycles. The maximum absolute atomic E-state index is 14.2. The molecule has 1 aromatic carbocycles. The molecule has 2 aromatic heterocycles. The van der Waals surface area contributed by atoms with E-state index in [1.54, 1.807) is 11.7 Å². The number of carbonyl (C=O) groups is 1. The van der Waals surface area contributed by atoms with Crippen molar-refractivity contribution in [1.29, 1.82) is 0 Å². The van der Waals surface area contributed by atoms with Crippen LogP contribution in [0.1, 0.15) is 92.0 Å². The Balaban J connectivity index is 2.00. The Morgan fingerprint density at radius 3 is 2.55 bits per heavy atom. The second kappa shape index (κ2) is 14.5. The number of hydrogen-bond donors (Lipinski definition) is 2. The highest BCUT2D eigenvalue weighted by molar-refractivity contribution is 5.98. The number of pyridine rings is 2. The standard InChI is InChI=1S/C34H45N3O5/c1-6-8-15-26-27(42-17-9-7-2)20-24-19-25(22(3)4)28-31(30(24)36-26)37(21-23-13-11-10-12-14-23)34(40)29(32(28)38)33(39)35-16-18-41-5/h10-14,20,22,25,38H,6-9,15-19,21H2,1-5H3,(H,35,39). The third-order valence-corrected chi connectivity index (χ3v) is 7.98. The number of hydrogen-bond acceptors (Lipinski definition) is 6. The lowest BCUT2D eigenvalue weighted by Gasteiger charge is -2.33. The number of benzene rings is 1. The lowest BCUT2D eigenvalue weighted by Crippen LogP contribution is -2.37. The molecule has 0 aliphatic heterocycles. The number of unbranched alkanes of at least 4 members (excludes halogenated alkanes) is 2. The Hall–Kier alpha value is -3.65. The number of methoxy groups -OCH3 is 1. The van der Waals surface area contributed by atoms with Crippen molar-refractivity contribution in [3.05, 3.63) is 74.7 Å². The first-order valence-electron chi connectivity index (χ1n) is 15.3. The van der Waals surface area contributed by atoms with Crippen molar-refractivity contribution in [2.45, 2.75) is 78.7 Å². The van der Waals surface area contributed by atoms with Gasteiger partial charge in [-0.25, -0.2) is 4.98 Å². The molecular formula is C34H45N3O5. The molecule has 2 heterocycles. The molecular weight excluding hydrogens is 530 g/mol. The number of nitrogens with one attached hydrogen (secondary N) is 1. The molecule has 0 bridgehead atoms. The Bertz CT molecular complexity index is 1430. The van der Waals surface area contributed by atoms with E-state index < -0.39 is 11.5 Å². The average Bonchev–Trinajstić information content (AvgIpc) is 2.98. The Morgan fingerprint density at radius 1 is 1.14 bits per heavy atom. The first-order chi connectivity index (χ1) is 20.3. The van der Waals surface area contributed by atoms with Crippen LogP contribution in [-0.4, -0.2) is 47.4 Å². The van der Waals surface area contributed by atoms with Crippen LogP contribution in [0, 0.1) is 5.92 Å². The van der Waals surface area contributed by atoms with Gasteiger partial charge >= 0.3 is 0 Å². The van der Waals surface area contributed by atoms with E-state index in [9.17, 15) is 14.7 Å². The summed E-state index contributed by atoms with van der Waals surface area (Å²) in [6, 6.07) is 11.8. The minimum atomic E-state index is -0.608. The van der Waals surface area contributed by atoms with E-state index in [1.165, 1.54) is 0 Å². The van der Waals surface area contributed by atoms with Crippen LogP contribution >= 0.6 is 0 Å². The van der Waals surface area contributed by atoms with Crippen molar-refractivity contribution in [3.63, 3.8) is 0 Å². The van der Waals surface area contributed by atoms with Gasteiger partial charge in [-0.05, 0) is 54.7 Å². The summed E-state index contributed by atoms with van der Waals surface area (Å²) in [5.74, 6) is -0.0639. The van der Waals surface area contributed by atoms with Crippen LogP contribution in [-0.2, 0) is 24.1 Å². The maximum Gasteiger partial charge on any atom is 0.268 e. The molecule has 0 fully saturated rings. The zero-order valence-electron chi connectivity index (χ0n) is 25.7. The minimum Gasteiger partial charge on any atom is -0.507 e. The number of carbonyl (C=O) groups excluding carboxylic acids is 1. The summed E-state index contributed by atoms with van der Waals surface area (Å²) in [6.45, 7) is 9.88. The van der Waals surface area contributed by atoms with E-state index in [2.05, 4.69) is 39.1 Å². The second-order valence-electron chi connectivity index (χ2n) is 11.4. The highest BCUT2D eigenvalue weighted by Crippen LogP contribution is 2.47. The van der Waals surface area contributed by atoms with Gasteiger partial charge < -0.3 is 24.5 Å². The molecule has 0 saturated carbocycles. The largest absolute Gasteiger partial charge is 0.507 e. The highest BCUT2D eigenvalue weighted by Gasteiger charge is 2.37. The fraction of sp³-hybridized carbons (Fsp3) is 0.500. The van der Waals surface area contributed by atoms with Crippen molar-refractivity contribution >= 4 is 5.91 Å². The van der Waals surface area contributed by atoms with Crippen LogP contribution in [0.25, 0.3) is 11.4 Å². The summed E-state index contributed by atoms with van der Waals surface area (Å²) in [6.07, 6.45) is 5.34. The molecule has 0 spiro atoms. The molecule has 1 atom stereocenters. The summed E-state index contributed by atoms with van der Waals surface area (Å²) in [5.41, 5.74) is 3.88. The van der Waals surface area contributed by atoms with Gasteiger partial charge in [0.15, 0.2) is 0 Å². The molecule has 42 heavy (non-hydrogen) atoms. The SMILES string of the molecule is CCCCOc1cc2c(nc1CCCC)-c1c(c(O)c(C(=O)NCCOC)c(=O)n1Cc1ccccc1)C(C(C)C)C2. The number of aromatic nitrogens is 2. The lowest BCUT2D eigenvalue weighted by atomic mass is 9.76. The molecule has 0 radical (unpaired) electrons. The van der Waals surface area contributed by atoms with Gasteiger partial charge in [-0.2, -0.15) is 0 Å². The Labute approximate surface area is 249 Å². The molecule has 1 unspecified atom stereocenters. The molecule has 3 aromatic rings. The third-order valence-electron chi connectivity index (χ3n) is 7.98. The average molecular weight is 576 g/mol. The first-order valence-corrected chi connectivity index (χ1v) is 15.3. The fourth-order valence-electron chi connectivity index (χ4n) is 5.63. The number of fused-ring (bicyclic) bond motifs is 3. The van der Waals surface area contributed by atoms with E-state index in [1.807, 2.05) is 30.3 Å². The van der Waals surface area contributed by atoms with Crippen molar-refractivity contribution in [3.8, 4) is 22.9 Å². The Morgan fingerprint density at radius 2 is 1.88 bits per heavy atom. The van der Waals surface area contributed by atoms with Gasteiger partial charge in [-0.15, -0.1) is 0 Å². The van der Waals surface area contributed by atoms with Gasteiger partial charge in [0.1, 0.15) is 17.1 Å². The number of nitrogens with zero attached hydrogens (tertiary/aromatic N) is 2. The molecule has 226 valence electrons. The van der Waals surface area contributed by atoms with Gasteiger partial charge in [0.25, 0.3) is 11.5 Å². The van der Waals surface area contributed by atoms with Crippen molar-refractivity contribution in [2.75, 3.05) is 26.9 Å². The minimum absolute atomic E-state index is 0.124. The van der Waals surface area contributed by atoms with E-state index in [-0.39, 0.29) is 36.2 Å². The lowest BCUT2D eigenvalue weighted by molar-refractivity contribution is 0.0932. The van der Waals surface area contributed by atoms with E-state index in [0.29, 0.717) is 36.6 Å². The van der Waals surface area contributed by atoms with E-state index in [0.717, 1.165) is 54.7 Å². The summed E-state index contributed by atoms with van der Waals surface area (Å²) in [4.78, 5) is 32.7. The van der Waals surface area contributed by atoms with Crippen molar-refractivity contribution in [2.24, 2.45) is 5.92 Å². The molecule has 2 N–H and O–H groups in total. The molecule has 1 aliphatic carbocycles. The van der Waals surface area contributed by atoms with Gasteiger partial charge in [0.2, 0.25) is 0 Å². The summed E-state index contributed by atoms with van der Waals surface area (Å²) >= 11 is 0. The number of amides is 1. The predicted octanol–water partition coefficient (Wildman–Crippen LogP) is 5.86. The molecule has 1 amide bonds. The first kappa shape index (κ1) is 31.3. The summed E-state index contributed by atoms with van der Waals surface area (Å²) in [5, 5.41) is 14.5. The van der Waals surface area contributed by atoms with Crippen LogP contribution in [0.5, 0.6) is 11.5 Å². The second-order valence-corrected chi connectivity index (χ2v) is 11.4.